The van der Waals surface area contributed by atoms with Gasteiger partial charge in [0.05, 0.1) is 5.69 Å². The van der Waals surface area contributed by atoms with Crippen molar-refractivity contribution in [3.63, 3.8) is 0 Å². The highest BCUT2D eigenvalue weighted by Gasteiger charge is 2.03. The van der Waals surface area contributed by atoms with E-state index in [1.807, 2.05) is 12.1 Å². The summed E-state index contributed by atoms with van der Waals surface area (Å²) in [4.78, 5) is 4.86. The Morgan fingerprint density at radius 2 is 2.12 bits per heavy atom. The topological polar surface area (TPSA) is 38.9 Å². The van der Waals surface area contributed by atoms with Gasteiger partial charge in [0.1, 0.15) is 11.0 Å². The lowest BCUT2D eigenvalue weighted by molar-refractivity contribution is 0.624. The van der Waals surface area contributed by atoms with Crippen molar-refractivity contribution in [1.82, 2.24) is 4.98 Å². The number of nitrogens with zero attached hydrogens (tertiary/aromatic N) is 1. The monoisotopic (exact) mass is 268 g/mol. The van der Waals surface area contributed by atoms with E-state index in [-0.39, 0.29) is 5.82 Å². The van der Waals surface area contributed by atoms with Crippen LogP contribution in [0.15, 0.2) is 41.3 Å². The number of nitrogens with two attached hydrogens (primary N) is 1. The van der Waals surface area contributed by atoms with Crippen molar-refractivity contribution in [3.8, 4) is 0 Å². The van der Waals surface area contributed by atoms with Crippen molar-refractivity contribution >= 4 is 29.1 Å². The Kier molecular flexibility index (Phi) is 3.86. The van der Waals surface area contributed by atoms with Crippen LogP contribution in [0, 0.1) is 5.82 Å². The quantitative estimate of drug-likeness (QED) is 0.523. The van der Waals surface area contributed by atoms with Crippen LogP contribution < -0.4 is 5.73 Å². The Morgan fingerprint density at radius 1 is 1.29 bits per heavy atom. The van der Waals surface area contributed by atoms with Crippen molar-refractivity contribution in [1.29, 1.82) is 0 Å². The fraction of sp³-hybridized carbons (Fsp3) is 0.0833. The molecule has 88 valence electrons. The van der Waals surface area contributed by atoms with Crippen molar-refractivity contribution in [2.45, 2.75) is 10.6 Å². The zero-order valence-electron chi connectivity index (χ0n) is 8.86. The molecule has 2 nitrogen and oxygen atoms in total. The Bertz CT molecular complexity index is 534. The number of thioether (sulfide) groups is 1. The van der Waals surface area contributed by atoms with Gasteiger partial charge in [0.2, 0.25) is 0 Å². The predicted octanol–water partition coefficient (Wildman–Crippen LogP) is 3.75. The molecule has 0 aliphatic rings. The molecule has 0 aliphatic carbocycles. The summed E-state index contributed by atoms with van der Waals surface area (Å²) in [6.45, 7) is 0. The highest BCUT2D eigenvalue weighted by molar-refractivity contribution is 7.98. The van der Waals surface area contributed by atoms with Gasteiger partial charge < -0.3 is 5.73 Å². The largest absolute Gasteiger partial charge is 0.398 e. The van der Waals surface area contributed by atoms with Gasteiger partial charge in [0.25, 0.3) is 0 Å². The average Bonchev–Trinajstić information content (AvgIpc) is 2.30. The van der Waals surface area contributed by atoms with Gasteiger partial charge in [-0.15, -0.1) is 11.8 Å². The van der Waals surface area contributed by atoms with Gasteiger partial charge in [-0.05, 0) is 30.3 Å². The summed E-state index contributed by atoms with van der Waals surface area (Å²) < 4.78 is 13.0. The minimum absolute atomic E-state index is 0.291. The van der Waals surface area contributed by atoms with E-state index in [2.05, 4.69) is 4.98 Å². The molecule has 1 aromatic carbocycles. The van der Waals surface area contributed by atoms with Gasteiger partial charge in [0.15, 0.2) is 0 Å². The zero-order chi connectivity index (χ0) is 12.3. The van der Waals surface area contributed by atoms with E-state index >= 15 is 0 Å². The number of halogens is 2. The van der Waals surface area contributed by atoms with Crippen molar-refractivity contribution in [3.05, 3.63) is 53.1 Å². The zero-order valence-corrected chi connectivity index (χ0v) is 10.4. The predicted molar refractivity (Wildman–Crippen MR) is 69.6 cm³/mol. The minimum atomic E-state index is -0.291. The van der Waals surface area contributed by atoms with Gasteiger partial charge >= 0.3 is 0 Å². The van der Waals surface area contributed by atoms with E-state index in [9.17, 15) is 4.39 Å². The number of hydrogen-bond acceptors (Lipinski definition) is 3. The van der Waals surface area contributed by atoms with Gasteiger partial charge in [-0.3, -0.25) is 0 Å². The second-order valence-corrected chi connectivity index (χ2v) is 4.83. The molecule has 2 aromatic rings. The highest BCUT2D eigenvalue weighted by Crippen LogP contribution is 2.28. The molecular weight excluding hydrogens is 259 g/mol. The lowest BCUT2D eigenvalue weighted by Crippen LogP contribution is -1.91. The number of pyridine rings is 1. The molecule has 5 heteroatoms. The molecule has 0 bridgehead atoms. The summed E-state index contributed by atoms with van der Waals surface area (Å²) in [7, 11) is 0. The van der Waals surface area contributed by atoms with Crippen LogP contribution in [-0.2, 0) is 5.75 Å². The summed E-state index contributed by atoms with van der Waals surface area (Å²) in [6, 6.07) is 9.74. The van der Waals surface area contributed by atoms with Gasteiger partial charge in [-0.2, -0.15) is 0 Å². The molecule has 2 N–H and O–H groups in total. The van der Waals surface area contributed by atoms with E-state index in [4.69, 9.17) is 17.3 Å². The lowest BCUT2D eigenvalue weighted by atomic mass is 10.3. The Hall–Kier alpha value is -1.26. The van der Waals surface area contributed by atoms with E-state index in [1.165, 1.54) is 23.9 Å². The first kappa shape index (κ1) is 12.2. The third-order valence-corrected chi connectivity index (χ3v) is 3.44. The number of aromatic nitrogens is 1. The van der Waals surface area contributed by atoms with Gasteiger partial charge in [0, 0.05) is 16.3 Å². The number of hydrogen-bond donors (Lipinski definition) is 1. The molecule has 0 spiro atoms. The Balaban J connectivity index is 2.09. The number of nitrogen functional groups attached to an aromatic ring is 1. The molecule has 0 aliphatic heterocycles. The van der Waals surface area contributed by atoms with E-state index < -0.39 is 0 Å². The SMILES string of the molecule is Nc1ccc(F)cc1SCc1cccc(Cl)n1. The number of benzene rings is 1. The van der Waals surface area contributed by atoms with Crippen LogP contribution in [0.2, 0.25) is 5.15 Å². The van der Waals surface area contributed by atoms with Crippen LogP contribution in [0.1, 0.15) is 5.69 Å². The molecule has 0 saturated carbocycles. The Morgan fingerprint density at radius 3 is 2.88 bits per heavy atom. The summed E-state index contributed by atoms with van der Waals surface area (Å²) in [5, 5.41) is 0.454. The van der Waals surface area contributed by atoms with E-state index in [1.54, 1.807) is 12.1 Å². The molecule has 2 rings (SSSR count). The smallest absolute Gasteiger partial charge is 0.129 e. The van der Waals surface area contributed by atoms with Crippen molar-refractivity contribution < 1.29 is 4.39 Å². The molecule has 0 saturated heterocycles. The number of rotatable bonds is 3. The molecular formula is C12H10ClFN2S. The summed E-state index contributed by atoms with van der Waals surface area (Å²) in [5.41, 5.74) is 7.16. The molecule has 0 radical (unpaired) electrons. The first-order valence-corrected chi connectivity index (χ1v) is 6.31. The fourth-order valence-corrected chi connectivity index (χ4v) is 2.39. The van der Waals surface area contributed by atoms with Crippen LogP contribution in [0.4, 0.5) is 10.1 Å². The molecule has 0 atom stereocenters. The molecule has 0 amide bonds. The summed E-state index contributed by atoms with van der Waals surface area (Å²) in [5.74, 6) is 0.314. The van der Waals surface area contributed by atoms with Crippen LogP contribution in [-0.4, -0.2) is 4.98 Å². The second-order valence-electron chi connectivity index (χ2n) is 3.42. The maximum Gasteiger partial charge on any atom is 0.129 e. The van der Waals surface area contributed by atoms with E-state index in [0.29, 0.717) is 21.5 Å². The second kappa shape index (κ2) is 5.38. The molecule has 17 heavy (non-hydrogen) atoms. The first-order valence-electron chi connectivity index (χ1n) is 4.94. The first-order chi connectivity index (χ1) is 8.15. The van der Waals surface area contributed by atoms with Gasteiger partial charge in [-0.25, -0.2) is 9.37 Å². The van der Waals surface area contributed by atoms with Crippen LogP contribution >= 0.6 is 23.4 Å². The van der Waals surface area contributed by atoms with E-state index in [0.717, 1.165) is 5.69 Å². The molecule has 0 unspecified atom stereocenters. The highest BCUT2D eigenvalue weighted by atomic mass is 35.5. The van der Waals surface area contributed by atoms with Crippen LogP contribution in [0.25, 0.3) is 0 Å². The van der Waals surface area contributed by atoms with Crippen LogP contribution in [0.5, 0.6) is 0 Å². The standard InChI is InChI=1S/C12H10ClFN2S/c13-12-3-1-2-9(16-12)7-17-11-6-8(14)4-5-10(11)15/h1-6H,7,15H2. The molecule has 0 fully saturated rings. The average molecular weight is 269 g/mol. The van der Waals surface area contributed by atoms with Crippen LogP contribution in [0.3, 0.4) is 0 Å². The molecule has 1 heterocycles. The third-order valence-electron chi connectivity index (χ3n) is 2.12. The summed E-state index contributed by atoms with van der Waals surface area (Å²) in [6.07, 6.45) is 0. The normalized spacial score (nSPS) is 10.5. The lowest BCUT2D eigenvalue weighted by Gasteiger charge is -2.05. The maximum absolute atomic E-state index is 13.0. The maximum atomic E-state index is 13.0. The minimum Gasteiger partial charge on any atom is -0.398 e. The molecule has 1 aromatic heterocycles. The number of anilines is 1. The van der Waals surface area contributed by atoms with Crippen molar-refractivity contribution in [2.24, 2.45) is 0 Å². The Labute approximate surface area is 108 Å². The fourth-order valence-electron chi connectivity index (χ4n) is 1.32. The van der Waals surface area contributed by atoms with Crippen molar-refractivity contribution in [2.75, 3.05) is 5.73 Å². The third kappa shape index (κ3) is 3.35. The van der Waals surface area contributed by atoms with Gasteiger partial charge in [-0.1, -0.05) is 17.7 Å². The summed E-state index contributed by atoms with van der Waals surface area (Å²) >= 11 is 7.21.